The molecule has 1 atom stereocenters. The van der Waals surface area contributed by atoms with Gasteiger partial charge in [-0.05, 0) is 23.5 Å². The molecule has 1 unspecified atom stereocenters. The molecular formula is C14H16O. The summed E-state index contributed by atoms with van der Waals surface area (Å²) in [7, 11) is 0. The van der Waals surface area contributed by atoms with Gasteiger partial charge < -0.3 is 0 Å². The molecule has 15 heavy (non-hydrogen) atoms. The van der Waals surface area contributed by atoms with Crippen LogP contribution < -0.4 is 0 Å². The number of hydrogen-bond donors (Lipinski definition) is 0. The van der Waals surface area contributed by atoms with Gasteiger partial charge in [-0.1, -0.05) is 56.0 Å². The lowest BCUT2D eigenvalue weighted by Gasteiger charge is -2.03. The van der Waals surface area contributed by atoms with Crippen molar-refractivity contribution in [2.45, 2.75) is 13.3 Å². The van der Waals surface area contributed by atoms with Crippen LogP contribution in [0.1, 0.15) is 18.9 Å². The number of allylic oxidation sites excluding steroid dienone is 2. The molecule has 0 bridgehead atoms. The van der Waals surface area contributed by atoms with E-state index in [1.165, 1.54) is 5.56 Å². The van der Waals surface area contributed by atoms with Crippen molar-refractivity contribution in [2.75, 3.05) is 0 Å². The standard InChI is InChI=1S/C14H16O/c1-12(10-13(2)11-15)8-9-14-6-4-3-5-7-14/h3-9,11-12H,2,10H2,1H3/b9-8+. The fourth-order valence-electron chi connectivity index (χ4n) is 1.37. The molecule has 0 heterocycles. The molecule has 0 aliphatic heterocycles. The average molecular weight is 200 g/mol. The molecule has 0 amide bonds. The highest BCUT2D eigenvalue weighted by atomic mass is 16.1. The van der Waals surface area contributed by atoms with E-state index in [1.54, 1.807) is 0 Å². The van der Waals surface area contributed by atoms with Crippen LogP contribution in [0.15, 0.2) is 48.6 Å². The van der Waals surface area contributed by atoms with Crippen LogP contribution in [0, 0.1) is 5.92 Å². The summed E-state index contributed by atoms with van der Waals surface area (Å²) >= 11 is 0. The molecule has 1 heteroatoms. The Morgan fingerprint density at radius 1 is 1.40 bits per heavy atom. The van der Waals surface area contributed by atoms with Crippen molar-refractivity contribution >= 4 is 12.4 Å². The van der Waals surface area contributed by atoms with Gasteiger partial charge in [-0.15, -0.1) is 0 Å². The van der Waals surface area contributed by atoms with Gasteiger partial charge in [0.15, 0.2) is 0 Å². The van der Waals surface area contributed by atoms with E-state index in [0.29, 0.717) is 11.5 Å². The minimum Gasteiger partial charge on any atom is -0.298 e. The second-order valence-electron chi connectivity index (χ2n) is 3.73. The Hall–Kier alpha value is -1.63. The third kappa shape index (κ3) is 4.41. The maximum absolute atomic E-state index is 10.4. The van der Waals surface area contributed by atoms with Crippen molar-refractivity contribution < 1.29 is 4.79 Å². The highest BCUT2D eigenvalue weighted by molar-refractivity contribution is 5.72. The van der Waals surface area contributed by atoms with Crippen LogP contribution in [0.5, 0.6) is 0 Å². The highest BCUT2D eigenvalue weighted by Crippen LogP contribution is 2.11. The number of carbonyl (C=O) groups excluding carboxylic acids is 1. The predicted molar refractivity (Wildman–Crippen MR) is 64.5 cm³/mol. The summed E-state index contributed by atoms with van der Waals surface area (Å²) in [5, 5.41) is 0. The molecule has 0 saturated heterocycles. The first-order valence-corrected chi connectivity index (χ1v) is 5.08. The SMILES string of the molecule is C=C(C=O)CC(C)/C=C/c1ccccc1. The Morgan fingerprint density at radius 3 is 2.67 bits per heavy atom. The lowest BCUT2D eigenvalue weighted by atomic mass is 10.0. The number of carbonyl (C=O) groups is 1. The van der Waals surface area contributed by atoms with Gasteiger partial charge in [0.25, 0.3) is 0 Å². The second kappa shape index (κ2) is 5.97. The normalized spacial score (nSPS) is 12.6. The number of benzene rings is 1. The summed E-state index contributed by atoms with van der Waals surface area (Å²) < 4.78 is 0. The van der Waals surface area contributed by atoms with Crippen LogP contribution in [-0.4, -0.2) is 6.29 Å². The van der Waals surface area contributed by atoms with Gasteiger partial charge in [-0.2, -0.15) is 0 Å². The quantitative estimate of drug-likeness (QED) is 0.525. The Labute approximate surface area is 91.1 Å². The molecule has 0 radical (unpaired) electrons. The molecule has 0 aliphatic rings. The Kier molecular flexibility index (Phi) is 4.55. The van der Waals surface area contributed by atoms with Crippen LogP contribution in [0.4, 0.5) is 0 Å². The van der Waals surface area contributed by atoms with E-state index in [-0.39, 0.29) is 0 Å². The summed E-state index contributed by atoms with van der Waals surface area (Å²) in [6.45, 7) is 5.74. The summed E-state index contributed by atoms with van der Waals surface area (Å²) in [6, 6.07) is 10.1. The lowest BCUT2D eigenvalue weighted by Crippen LogP contribution is -1.92. The van der Waals surface area contributed by atoms with Crippen molar-refractivity contribution in [1.82, 2.24) is 0 Å². The first-order valence-electron chi connectivity index (χ1n) is 5.08. The largest absolute Gasteiger partial charge is 0.298 e. The van der Waals surface area contributed by atoms with E-state index in [1.807, 2.05) is 18.2 Å². The fourth-order valence-corrected chi connectivity index (χ4v) is 1.37. The molecule has 1 aromatic rings. The van der Waals surface area contributed by atoms with E-state index in [9.17, 15) is 4.79 Å². The van der Waals surface area contributed by atoms with Crippen LogP contribution in [0.2, 0.25) is 0 Å². The maximum Gasteiger partial charge on any atom is 0.145 e. The van der Waals surface area contributed by atoms with Gasteiger partial charge >= 0.3 is 0 Å². The van der Waals surface area contributed by atoms with Crippen LogP contribution in [-0.2, 0) is 4.79 Å². The van der Waals surface area contributed by atoms with Crippen LogP contribution in [0.3, 0.4) is 0 Å². The smallest absolute Gasteiger partial charge is 0.145 e. The molecule has 0 spiro atoms. The Balaban J connectivity index is 2.51. The van der Waals surface area contributed by atoms with Gasteiger partial charge in [0.2, 0.25) is 0 Å². The highest BCUT2D eigenvalue weighted by Gasteiger charge is 1.99. The topological polar surface area (TPSA) is 17.1 Å². The van der Waals surface area contributed by atoms with Gasteiger partial charge in [-0.25, -0.2) is 0 Å². The Morgan fingerprint density at radius 2 is 2.07 bits per heavy atom. The zero-order valence-corrected chi connectivity index (χ0v) is 9.02. The number of rotatable bonds is 5. The second-order valence-corrected chi connectivity index (χ2v) is 3.73. The molecular weight excluding hydrogens is 184 g/mol. The van der Waals surface area contributed by atoms with E-state index in [4.69, 9.17) is 0 Å². The zero-order valence-electron chi connectivity index (χ0n) is 9.02. The summed E-state index contributed by atoms with van der Waals surface area (Å²) in [6.07, 6.45) is 5.73. The third-order valence-corrected chi connectivity index (χ3v) is 2.17. The van der Waals surface area contributed by atoms with Gasteiger partial charge in [0.05, 0.1) is 0 Å². The molecule has 1 rings (SSSR count). The van der Waals surface area contributed by atoms with Crippen LogP contribution in [0.25, 0.3) is 6.08 Å². The molecule has 0 saturated carbocycles. The minimum atomic E-state index is 0.350. The maximum atomic E-state index is 10.4. The van der Waals surface area contributed by atoms with E-state index >= 15 is 0 Å². The monoisotopic (exact) mass is 200 g/mol. The summed E-state index contributed by atoms with van der Waals surface area (Å²) in [5.74, 6) is 0.350. The molecule has 0 aliphatic carbocycles. The van der Waals surface area contributed by atoms with Gasteiger partial charge in [-0.3, -0.25) is 4.79 Å². The lowest BCUT2D eigenvalue weighted by molar-refractivity contribution is -0.105. The predicted octanol–water partition coefficient (Wildman–Crippen LogP) is 3.48. The van der Waals surface area contributed by atoms with Crippen LogP contribution >= 0.6 is 0 Å². The zero-order chi connectivity index (χ0) is 11.1. The summed E-state index contributed by atoms with van der Waals surface area (Å²) in [5.41, 5.74) is 1.83. The van der Waals surface area contributed by atoms with Crippen molar-refractivity contribution in [3.8, 4) is 0 Å². The van der Waals surface area contributed by atoms with E-state index < -0.39 is 0 Å². The fraction of sp³-hybridized carbons (Fsp3) is 0.214. The van der Waals surface area contributed by atoms with Crippen molar-refractivity contribution in [3.63, 3.8) is 0 Å². The van der Waals surface area contributed by atoms with Gasteiger partial charge in [0, 0.05) is 0 Å². The Bertz CT molecular complexity index is 349. The molecule has 1 nitrogen and oxygen atoms in total. The first-order chi connectivity index (χ1) is 7.22. The van der Waals surface area contributed by atoms with E-state index in [2.05, 4.69) is 37.8 Å². The third-order valence-electron chi connectivity index (χ3n) is 2.17. The average Bonchev–Trinajstić information content (AvgIpc) is 2.27. The van der Waals surface area contributed by atoms with Crippen molar-refractivity contribution in [1.29, 1.82) is 0 Å². The van der Waals surface area contributed by atoms with E-state index in [0.717, 1.165) is 12.7 Å². The number of hydrogen-bond acceptors (Lipinski definition) is 1. The van der Waals surface area contributed by atoms with Crippen molar-refractivity contribution in [3.05, 3.63) is 54.1 Å². The summed E-state index contributed by atoms with van der Waals surface area (Å²) in [4.78, 5) is 10.4. The first kappa shape index (κ1) is 11.4. The minimum absolute atomic E-state index is 0.350. The molecule has 1 aromatic carbocycles. The molecule has 78 valence electrons. The van der Waals surface area contributed by atoms with Crippen molar-refractivity contribution in [2.24, 2.45) is 5.92 Å². The number of aldehydes is 1. The molecule has 0 fully saturated rings. The van der Waals surface area contributed by atoms with Gasteiger partial charge in [0.1, 0.15) is 6.29 Å². The molecule has 0 N–H and O–H groups in total. The molecule has 0 aromatic heterocycles.